The topological polar surface area (TPSA) is 94.3 Å². The zero-order valence-corrected chi connectivity index (χ0v) is 21.4. The number of hydrogen-bond donors (Lipinski definition) is 3. The second-order valence-electron chi connectivity index (χ2n) is 10.4. The molecule has 2 aliphatic rings. The van der Waals surface area contributed by atoms with E-state index >= 15 is 0 Å². The van der Waals surface area contributed by atoms with Crippen LogP contribution in [-0.2, 0) is 22.6 Å². The van der Waals surface area contributed by atoms with Gasteiger partial charge in [0.1, 0.15) is 12.1 Å². The molecule has 3 atom stereocenters. The molecule has 3 aromatic carbocycles. The maximum absolute atomic E-state index is 13.9. The number of aromatic amines is 1. The quantitative estimate of drug-likeness (QED) is 0.368. The molecule has 1 aromatic heterocycles. The van der Waals surface area contributed by atoms with Crippen LogP contribution >= 0.6 is 0 Å². The van der Waals surface area contributed by atoms with Crippen LogP contribution in [0.3, 0.4) is 0 Å². The van der Waals surface area contributed by atoms with Gasteiger partial charge in [0.05, 0.1) is 6.04 Å². The van der Waals surface area contributed by atoms with Crippen LogP contribution in [0.2, 0.25) is 0 Å². The van der Waals surface area contributed by atoms with Crippen LogP contribution in [0.5, 0.6) is 0 Å². The normalized spacial score (nSPS) is 18.6. The second-order valence-corrected chi connectivity index (χ2v) is 10.4. The van der Waals surface area contributed by atoms with Gasteiger partial charge in [-0.25, -0.2) is 0 Å². The van der Waals surface area contributed by atoms with E-state index in [-0.39, 0.29) is 29.7 Å². The van der Waals surface area contributed by atoms with E-state index in [9.17, 15) is 14.4 Å². The maximum atomic E-state index is 13.9. The van der Waals surface area contributed by atoms with Crippen molar-refractivity contribution in [2.45, 2.75) is 44.9 Å². The van der Waals surface area contributed by atoms with Gasteiger partial charge in [0.2, 0.25) is 11.8 Å². The number of carbonyl (C=O) groups is 3. The number of carbonyl (C=O) groups excluding carboxylic acids is 3. The fraction of sp³-hybridized carbons (Fsp3) is 0.258. The molecular weight excluding hydrogens is 476 g/mol. The largest absolute Gasteiger partial charge is 0.356 e. The Hall–Kier alpha value is -4.39. The van der Waals surface area contributed by atoms with Crippen molar-refractivity contribution in [1.29, 1.82) is 0 Å². The van der Waals surface area contributed by atoms with Crippen molar-refractivity contribution >= 4 is 28.6 Å². The molecule has 0 saturated carbocycles. The Morgan fingerprint density at radius 1 is 0.974 bits per heavy atom. The lowest BCUT2D eigenvalue weighted by molar-refractivity contribution is -0.133. The van der Waals surface area contributed by atoms with Crippen LogP contribution in [0.15, 0.2) is 78.9 Å². The van der Waals surface area contributed by atoms with Crippen LogP contribution in [0.1, 0.15) is 52.6 Å². The molecule has 2 aliphatic heterocycles. The highest BCUT2D eigenvalue weighted by Gasteiger charge is 2.49. The molecule has 0 unspecified atom stereocenters. The average Bonchev–Trinajstić information content (AvgIpc) is 3.46. The van der Waals surface area contributed by atoms with Crippen molar-refractivity contribution < 1.29 is 14.4 Å². The van der Waals surface area contributed by atoms with Crippen molar-refractivity contribution in [2.75, 3.05) is 0 Å². The lowest BCUT2D eigenvalue weighted by Crippen LogP contribution is -2.57. The SMILES string of the molecule is CC(C)[C@H](NC(=O)[C@H]1Cc2c([nH]c3ccccc23)[C@@H]2c3ccccc3C(=O)N21)C(=O)NCc1ccccc1. The van der Waals surface area contributed by atoms with Gasteiger partial charge >= 0.3 is 0 Å². The van der Waals surface area contributed by atoms with Gasteiger partial charge in [0, 0.05) is 35.1 Å². The minimum Gasteiger partial charge on any atom is -0.356 e. The average molecular weight is 507 g/mol. The van der Waals surface area contributed by atoms with E-state index < -0.39 is 12.1 Å². The molecule has 0 bridgehead atoms. The molecule has 0 radical (unpaired) electrons. The minimum atomic E-state index is -0.741. The van der Waals surface area contributed by atoms with Gasteiger partial charge in [0.25, 0.3) is 5.91 Å². The fourth-order valence-corrected chi connectivity index (χ4v) is 5.82. The summed E-state index contributed by atoms with van der Waals surface area (Å²) >= 11 is 0. The van der Waals surface area contributed by atoms with Crippen molar-refractivity contribution in [2.24, 2.45) is 5.92 Å². The van der Waals surface area contributed by atoms with Gasteiger partial charge in [-0.1, -0.05) is 80.6 Å². The summed E-state index contributed by atoms with van der Waals surface area (Å²) in [5, 5.41) is 7.01. The zero-order valence-electron chi connectivity index (χ0n) is 21.4. The molecule has 0 aliphatic carbocycles. The summed E-state index contributed by atoms with van der Waals surface area (Å²) in [6.07, 6.45) is 0.373. The molecule has 6 rings (SSSR count). The highest BCUT2D eigenvalue weighted by atomic mass is 16.2. The fourth-order valence-electron chi connectivity index (χ4n) is 5.82. The highest BCUT2D eigenvalue weighted by molar-refractivity contribution is 6.04. The second kappa shape index (κ2) is 9.49. The molecule has 7 nitrogen and oxygen atoms in total. The standard InChI is InChI=1S/C31H30N4O3/c1-18(2)26(30(37)32-17-19-10-4-3-5-11-19)34-29(36)25-16-23-20-12-8-9-15-24(20)33-27(23)28-21-13-6-7-14-22(21)31(38)35(25)28/h3-15,18,25-26,28,33H,16-17H2,1-2H3,(H,32,37)(H,34,36)/t25-,26+,28+/m1/s1. The predicted molar refractivity (Wildman–Crippen MR) is 145 cm³/mol. The van der Waals surface area contributed by atoms with Gasteiger partial charge in [-0.05, 0) is 34.7 Å². The van der Waals surface area contributed by atoms with Gasteiger partial charge in [-0.15, -0.1) is 0 Å². The maximum Gasteiger partial charge on any atom is 0.255 e. The molecule has 38 heavy (non-hydrogen) atoms. The number of benzene rings is 3. The third-order valence-electron chi connectivity index (χ3n) is 7.71. The lowest BCUT2D eigenvalue weighted by atomic mass is 9.89. The lowest BCUT2D eigenvalue weighted by Gasteiger charge is -2.38. The minimum absolute atomic E-state index is 0.135. The van der Waals surface area contributed by atoms with Crippen molar-refractivity contribution in [3.05, 3.63) is 107 Å². The summed E-state index contributed by atoms with van der Waals surface area (Å²) in [4.78, 5) is 45.9. The number of rotatable bonds is 6. The molecule has 3 N–H and O–H groups in total. The molecule has 0 fully saturated rings. The number of hydrogen-bond acceptors (Lipinski definition) is 3. The smallest absolute Gasteiger partial charge is 0.255 e. The first-order chi connectivity index (χ1) is 18.4. The Labute approximate surface area is 221 Å². The molecule has 3 heterocycles. The van der Waals surface area contributed by atoms with Gasteiger partial charge in [-0.3, -0.25) is 14.4 Å². The number of fused-ring (bicyclic) bond motifs is 7. The summed E-state index contributed by atoms with van der Waals surface area (Å²) in [6.45, 7) is 4.19. The summed E-state index contributed by atoms with van der Waals surface area (Å²) in [5.41, 5.74) is 5.47. The summed E-state index contributed by atoms with van der Waals surface area (Å²) in [5.74, 6) is -0.858. The number of amides is 3. The first-order valence-electron chi connectivity index (χ1n) is 13.1. The van der Waals surface area contributed by atoms with E-state index in [4.69, 9.17) is 0 Å². The van der Waals surface area contributed by atoms with Gasteiger partial charge in [-0.2, -0.15) is 0 Å². The monoisotopic (exact) mass is 506 g/mol. The highest BCUT2D eigenvalue weighted by Crippen LogP contribution is 2.46. The number of nitrogens with one attached hydrogen (secondary N) is 3. The number of H-pyrrole nitrogens is 1. The third-order valence-corrected chi connectivity index (χ3v) is 7.71. The summed E-state index contributed by atoms with van der Waals surface area (Å²) in [7, 11) is 0. The van der Waals surface area contributed by atoms with Gasteiger partial charge < -0.3 is 20.5 Å². The van der Waals surface area contributed by atoms with E-state index in [1.807, 2.05) is 92.7 Å². The Kier molecular flexibility index (Phi) is 5.98. The van der Waals surface area contributed by atoms with Crippen molar-refractivity contribution in [1.82, 2.24) is 20.5 Å². The summed E-state index contributed by atoms with van der Waals surface area (Å²) in [6, 6.07) is 23.4. The van der Waals surface area contributed by atoms with Crippen LogP contribution < -0.4 is 10.6 Å². The molecule has 0 saturated heterocycles. The van der Waals surface area contributed by atoms with Crippen LogP contribution in [0.4, 0.5) is 0 Å². The molecule has 192 valence electrons. The number of para-hydroxylation sites is 1. The predicted octanol–water partition coefficient (Wildman–Crippen LogP) is 4.10. The van der Waals surface area contributed by atoms with E-state index in [1.165, 1.54) is 0 Å². The Morgan fingerprint density at radius 3 is 2.47 bits per heavy atom. The zero-order chi connectivity index (χ0) is 26.4. The molecule has 7 heteroatoms. The van der Waals surface area contributed by atoms with E-state index in [0.717, 1.165) is 33.3 Å². The first-order valence-corrected chi connectivity index (χ1v) is 13.1. The third kappa shape index (κ3) is 3.95. The van der Waals surface area contributed by atoms with Crippen molar-refractivity contribution in [3.8, 4) is 0 Å². The van der Waals surface area contributed by atoms with E-state index in [1.54, 1.807) is 4.90 Å². The molecule has 3 amide bonds. The van der Waals surface area contributed by atoms with Gasteiger partial charge in [0.15, 0.2) is 0 Å². The Morgan fingerprint density at radius 2 is 1.68 bits per heavy atom. The molecule has 4 aromatic rings. The van der Waals surface area contributed by atoms with E-state index in [0.29, 0.717) is 18.5 Å². The van der Waals surface area contributed by atoms with Crippen LogP contribution in [0.25, 0.3) is 10.9 Å². The molecular formula is C31H30N4O3. The Bertz CT molecular complexity index is 1540. The van der Waals surface area contributed by atoms with Crippen molar-refractivity contribution in [3.63, 3.8) is 0 Å². The number of aromatic nitrogens is 1. The van der Waals surface area contributed by atoms with E-state index in [2.05, 4.69) is 15.6 Å². The molecule has 0 spiro atoms. The summed E-state index contributed by atoms with van der Waals surface area (Å²) < 4.78 is 0. The Balaban J connectivity index is 1.32. The number of nitrogens with zero attached hydrogens (tertiary/aromatic N) is 1. The van der Waals surface area contributed by atoms with Crippen LogP contribution in [-0.4, -0.2) is 39.7 Å². The first kappa shape index (κ1) is 24.0. The van der Waals surface area contributed by atoms with Crippen LogP contribution in [0, 0.1) is 5.92 Å².